The Bertz CT molecular complexity index is 1470. The standard InChI is InChI=1S/C28H27FN4O4/c1-34-25-9-8-21(26(35-2)27(25)36-3)22-14-24(18-4-6-19(29)7-5-18)33-20(16-31-28(33)23(22)15-30)17-32-10-12-37-13-11-32/h4-9,14,16H,10-13,17H2,1-3H3. The number of hydrogen-bond acceptors (Lipinski definition) is 7. The van der Waals surface area contributed by atoms with Crippen molar-refractivity contribution in [2.45, 2.75) is 6.54 Å². The maximum absolute atomic E-state index is 13.8. The molecular formula is C28H27FN4O4. The molecule has 3 heterocycles. The van der Waals surface area contributed by atoms with Crippen LogP contribution in [0.25, 0.3) is 28.0 Å². The predicted molar refractivity (Wildman–Crippen MR) is 136 cm³/mol. The van der Waals surface area contributed by atoms with Gasteiger partial charge < -0.3 is 18.9 Å². The van der Waals surface area contributed by atoms with E-state index in [1.54, 1.807) is 38.6 Å². The van der Waals surface area contributed by atoms with Gasteiger partial charge in [0.2, 0.25) is 5.75 Å². The molecule has 0 amide bonds. The second-order valence-electron chi connectivity index (χ2n) is 8.62. The maximum atomic E-state index is 13.8. The predicted octanol–water partition coefficient (Wildman–Crippen LogP) is 4.54. The highest BCUT2D eigenvalue weighted by molar-refractivity contribution is 5.87. The van der Waals surface area contributed by atoms with Gasteiger partial charge in [0.15, 0.2) is 17.1 Å². The number of aromatic nitrogens is 2. The van der Waals surface area contributed by atoms with Crippen LogP contribution in [0.15, 0.2) is 48.7 Å². The number of rotatable bonds is 7. The first-order valence-corrected chi connectivity index (χ1v) is 11.9. The molecule has 5 rings (SSSR count). The van der Waals surface area contributed by atoms with E-state index in [1.807, 2.05) is 16.5 Å². The zero-order valence-corrected chi connectivity index (χ0v) is 21.0. The van der Waals surface area contributed by atoms with Crippen molar-refractivity contribution in [1.29, 1.82) is 5.26 Å². The van der Waals surface area contributed by atoms with Crippen molar-refractivity contribution in [3.63, 3.8) is 0 Å². The van der Waals surface area contributed by atoms with E-state index in [-0.39, 0.29) is 5.82 Å². The first kappa shape index (κ1) is 24.6. The van der Waals surface area contributed by atoms with Crippen LogP contribution in [-0.4, -0.2) is 61.9 Å². The average Bonchev–Trinajstić information content (AvgIpc) is 3.35. The van der Waals surface area contributed by atoms with Crippen molar-refractivity contribution in [3.05, 3.63) is 65.7 Å². The maximum Gasteiger partial charge on any atom is 0.203 e. The van der Waals surface area contributed by atoms with Gasteiger partial charge in [-0.05, 0) is 48.0 Å². The summed E-state index contributed by atoms with van der Waals surface area (Å²) < 4.78 is 38.1. The molecule has 0 aliphatic carbocycles. The Morgan fingerprint density at radius 3 is 2.35 bits per heavy atom. The fraction of sp³-hybridized carbons (Fsp3) is 0.286. The first-order valence-electron chi connectivity index (χ1n) is 11.9. The summed E-state index contributed by atoms with van der Waals surface area (Å²) in [4.78, 5) is 6.98. The molecule has 0 bridgehead atoms. The number of imidazole rings is 1. The van der Waals surface area contributed by atoms with E-state index in [4.69, 9.17) is 18.9 Å². The highest BCUT2D eigenvalue weighted by atomic mass is 19.1. The SMILES string of the molecule is COc1ccc(-c2cc(-c3ccc(F)cc3)n3c(CN4CCOCC4)cnc3c2C#N)c(OC)c1OC. The number of nitriles is 1. The summed E-state index contributed by atoms with van der Waals surface area (Å²) in [6.07, 6.45) is 1.80. The van der Waals surface area contributed by atoms with E-state index in [0.29, 0.717) is 59.3 Å². The Balaban J connectivity index is 1.78. The van der Waals surface area contributed by atoms with Crippen LogP contribution < -0.4 is 14.2 Å². The summed E-state index contributed by atoms with van der Waals surface area (Å²) >= 11 is 0. The minimum Gasteiger partial charge on any atom is -0.493 e. The second kappa shape index (κ2) is 10.5. The molecule has 0 radical (unpaired) electrons. The number of pyridine rings is 1. The van der Waals surface area contributed by atoms with E-state index < -0.39 is 0 Å². The third-order valence-corrected chi connectivity index (χ3v) is 6.59. The lowest BCUT2D eigenvalue weighted by Crippen LogP contribution is -2.36. The number of morpholine rings is 1. The third-order valence-electron chi connectivity index (χ3n) is 6.59. The van der Waals surface area contributed by atoms with Crippen LogP contribution in [0.2, 0.25) is 0 Å². The highest BCUT2D eigenvalue weighted by Gasteiger charge is 2.24. The van der Waals surface area contributed by atoms with Gasteiger partial charge in [-0.3, -0.25) is 9.30 Å². The van der Waals surface area contributed by atoms with Crippen molar-refractivity contribution < 1.29 is 23.3 Å². The lowest BCUT2D eigenvalue weighted by molar-refractivity contribution is 0.0335. The fourth-order valence-corrected chi connectivity index (χ4v) is 4.80. The molecule has 0 atom stereocenters. The Hall–Kier alpha value is -4.13. The smallest absolute Gasteiger partial charge is 0.203 e. The minimum absolute atomic E-state index is 0.324. The molecule has 1 aliphatic heterocycles. The Morgan fingerprint density at radius 1 is 0.973 bits per heavy atom. The van der Waals surface area contributed by atoms with Gasteiger partial charge in [-0.15, -0.1) is 0 Å². The molecule has 190 valence electrons. The lowest BCUT2D eigenvalue weighted by Gasteiger charge is -2.26. The van der Waals surface area contributed by atoms with Crippen LogP contribution >= 0.6 is 0 Å². The van der Waals surface area contributed by atoms with E-state index in [9.17, 15) is 9.65 Å². The van der Waals surface area contributed by atoms with E-state index >= 15 is 0 Å². The topological polar surface area (TPSA) is 81.2 Å². The molecule has 1 fully saturated rings. The van der Waals surface area contributed by atoms with Crippen molar-refractivity contribution in [3.8, 4) is 45.7 Å². The Labute approximate surface area is 214 Å². The summed E-state index contributed by atoms with van der Waals surface area (Å²) in [5, 5.41) is 10.3. The normalized spacial score (nSPS) is 13.9. The number of benzene rings is 2. The van der Waals surface area contributed by atoms with Gasteiger partial charge in [-0.1, -0.05) is 0 Å². The molecule has 9 heteroatoms. The molecule has 8 nitrogen and oxygen atoms in total. The molecule has 0 N–H and O–H groups in total. The summed E-state index contributed by atoms with van der Waals surface area (Å²) in [5.74, 6) is 1.04. The first-order chi connectivity index (χ1) is 18.1. The van der Waals surface area contributed by atoms with Gasteiger partial charge in [0.1, 0.15) is 17.4 Å². The number of nitrogens with zero attached hydrogens (tertiary/aromatic N) is 4. The zero-order chi connectivity index (χ0) is 25.9. The van der Waals surface area contributed by atoms with Gasteiger partial charge >= 0.3 is 0 Å². The molecule has 0 spiro atoms. The molecule has 2 aromatic carbocycles. The monoisotopic (exact) mass is 502 g/mol. The number of methoxy groups -OCH3 is 3. The van der Waals surface area contributed by atoms with Crippen LogP contribution in [0.4, 0.5) is 4.39 Å². The van der Waals surface area contributed by atoms with Crippen LogP contribution in [-0.2, 0) is 11.3 Å². The quantitative estimate of drug-likeness (QED) is 0.367. The molecule has 37 heavy (non-hydrogen) atoms. The molecule has 0 unspecified atom stereocenters. The van der Waals surface area contributed by atoms with E-state index in [2.05, 4.69) is 16.0 Å². The van der Waals surface area contributed by atoms with Gasteiger partial charge in [0, 0.05) is 30.8 Å². The van der Waals surface area contributed by atoms with Gasteiger partial charge in [-0.2, -0.15) is 5.26 Å². The largest absolute Gasteiger partial charge is 0.493 e. The number of hydrogen-bond donors (Lipinski definition) is 0. The summed E-state index contributed by atoms with van der Waals surface area (Å²) in [7, 11) is 4.63. The van der Waals surface area contributed by atoms with Gasteiger partial charge in [0.05, 0.1) is 52.1 Å². The van der Waals surface area contributed by atoms with E-state index in [0.717, 1.165) is 30.0 Å². The Morgan fingerprint density at radius 2 is 1.70 bits per heavy atom. The zero-order valence-electron chi connectivity index (χ0n) is 21.0. The van der Waals surface area contributed by atoms with Crippen molar-refractivity contribution in [2.24, 2.45) is 0 Å². The minimum atomic E-state index is -0.324. The fourth-order valence-electron chi connectivity index (χ4n) is 4.80. The lowest BCUT2D eigenvalue weighted by atomic mass is 9.97. The van der Waals surface area contributed by atoms with Crippen molar-refractivity contribution >= 4 is 5.65 Å². The molecular weight excluding hydrogens is 475 g/mol. The summed E-state index contributed by atoms with van der Waals surface area (Å²) in [6.45, 7) is 3.61. The van der Waals surface area contributed by atoms with Crippen molar-refractivity contribution in [1.82, 2.24) is 14.3 Å². The summed E-state index contributed by atoms with van der Waals surface area (Å²) in [6, 6.07) is 14.2. The van der Waals surface area contributed by atoms with Crippen LogP contribution in [0.1, 0.15) is 11.3 Å². The van der Waals surface area contributed by atoms with Crippen LogP contribution in [0, 0.1) is 17.1 Å². The summed E-state index contributed by atoms with van der Waals surface area (Å²) in [5.41, 5.74) is 4.68. The number of halogens is 1. The third kappa shape index (κ3) is 4.46. The highest BCUT2D eigenvalue weighted by Crippen LogP contribution is 2.46. The number of ether oxygens (including phenoxy) is 4. The van der Waals surface area contributed by atoms with Crippen LogP contribution in [0.5, 0.6) is 17.2 Å². The molecule has 4 aromatic rings. The Kier molecular flexibility index (Phi) is 6.95. The van der Waals surface area contributed by atoms with Gasteiger partial charge in [0.25, 0.3) is 0 Å². The molecule has 0 saturated carbocycles. The van der Waals surface area contributed by atoms with Gasteiger partial charge in [-0.25, -0.2) is 9.37 Å². The molecule has 1 aliphatic rings. The molecule has 2 aromatic heterocycles. The van der Waals surface area contributed by atoms with Crippen LogP contribution in [0.3, 0.4) is 0 Å². The molecule has 1 saturated heterocycles. The van der Waals surface area contributed by atoms with Crippen molar-refractivity contribution in [2.75, 3.05) is 47.6 Å². The second-order valence-corrected chi connectivity index (χ2v) is 8.62. The van der Waals surface area contributed by atoms with E-state index in [1.165, 1.54) is 19.2 Å². The average molecular weight is 503 g/mol. The number of fused-ring (bicyclic) bond motifs is 1.